The maximum absolute atomic E-state index is 5.93. The van der Waals surface area contributed by atoms with E-state index >= 15 is 0 Å². The van der Waals surface area contributed by atoms with Crippen LogP contribution in [-0.2, 0) is 0 Å². The molecule has 1 heterocycles. The van der Waals surface area contributed by atoms with Gasteiger partial charge >= 0.3 is 0 Å². The predicted molar refractivity (Wildman–Crippen MR) is 61.2 cm³/mol. The fourth-order valence-electron chi connectivity index (χ4n) is 0.958. The third-order valence-electron chi connectivity index (χ3n) is 1.60. The molecular weight excluding hydrogens is 198 g/mol. The van der Waals surface area contributed by atoms with E-state index < -0.39 is 0 Å². The summed E-state index contributed by atoms with van der Waals surface area (Å²) >= 11 is 5.93. The van der Waals surface area contributed by atoms with Gasteiger partial charge in [0, 0.05) is 6.07 Å². The van der Waals surface area contributed by atoms with Crippen molar-refractivity contribution < 1.29 is 4.74 Å². The van der Waals surface area contributed by atoms with Crippen LogP contribution < -0.4 is 4.74 Å². The van der Waals surface area contributed by atoms with Crippen LogP contribution in [0.3, 0.4) is 0 Å². The van der Waals surface area contributed by atoms with E-state index in [0.29, 0.717) is 16.8 Å². The number of nitrogens with zero attached hydrogens (tertiary/aromatic N) is 1. The third kappa shape index (κ3) is 3.54. The largest absolute Gasteiger partial charge is 0.481 e. The zero-order valence-electron chi connectivity index (χ0n) is 9.47. The summed E-state index contributed by atoms with van der Waals surface area (Å²) in [5.74, 6) is 0.940. The van der Waals surface area contributed by atoms with Gasteiger partial charge in [-0.2, -0.15) is 0 Å². The van der Waals surface area contributed by atoms with Crippen LogP contribution in [0.4, 0.5) is 0 Å². The minimum absolute atomic E-state index is 0.326. The highest BCUT2D eigenvalue weighted by Crippen LogP contribution is 2.24. The van der Waals surface area contributed by atoms with Crippen molar-refractivity contribution in [1.29, 1.82) is 0 Å². The second-order valence-electron chi connectivity index (χ2n) is 2.88. The van der Waals surface area contributed by atoms with Gasteiger partial charge in [-0.1, -0.05) is 39.3 Å². The number of methoxy groups -OCH3 is 1. The van der Waals surface area contributed by atoms with Gasteiger partial charge in [0.1, 0.15) is 0 Å². The van der Waals surface area contributed by atoms with Crippen LogP contribution >= 0.6 is 11.6 Å². The molecular formula is C11H18ClNO. The molecule has 0 N–H and O–H groups in total. The van der Waals surface area contributed by atoms with Crippen LogP contribution in [0.2, 0.25) is 5.02 Å². The minimum atomic E-state index is 0.326. The molecule has 0 atom stereocenters. The van der Waals surface area contributed by atoms with Gasteiger partial charge in [-0.3, -0.25) is 0 Å². The third-order valence-corrected chi connectivity index (χ3v) is 1.92. The first-order valence-electron chi connectivity index (χ1n) is 4.85. The molecule has 14 heavy (non-hydrogen) atoms. The van der Waals surface area contributed by atoms with Crippen LogP contribution in [0.5, 0.6) is 5.88 Å². The summed E-state index contributed by atoms with van der Waals surface area (Å²) < 4.78 is 4.99. The molecule has 80 valence electrons. The molecule has 0 aliphatic heterocycles. The first-order chi connectivity index (χ1) is 6.65. The van der Waals surface area contributed by atoms with E-state index in [9.17, 15) is 0 Å². The van der Waals surface area contributed by atoms with Gasteiger partial charge in [0.05, 0.1) is 17.8 Å². The van der Waals surface area contributed by atoms with Crippen LogP contribution in [0, 0.1) is 0 Å². The van der Waals surface area contributed by atoms with Gasteiger partial charge in [-0.05, 0) is 12.0 Å². The van der Waals surface area contributed by atoms with Gasteiger partial charge in [-0.25, -0.2) is 4.98 Å². The van der Waals surface area contributed by atoms with Crippen LogP contribution in [-0.4, -0.2) is 12.1 Å². The average molecular weight is 216 g/mol. The van der Waals surface area contributed by atoms with E-state index in [4.69, 9.17) is 16.3 Å². The van der Waals surface area contributed by atoms with Gasteiger partial charge in [0.2, 0.25) is 5.88 Å². The van der Waals surface area contributed by atoms with Crippen molar-refractivity contribution in [2.45, 2.75) is 33.6 Å². The lowest BCUT2D eigenvalue weighted by Crippen LogP contribution is -1.96. The van der Waals surface area contributed by atoms with E-state index in [1.165, 1.54) is 0 Å². The van der Waals surface area contributed by atoms with E-state index in [2.05, 4.69) is 4.98 Å². The Balaban J connectivity index is 0.000000791. The molecule has 0 spiro atoms. The first-order valence-corrected chi connectivity index (χ1v) is 5.23. The average Bonchev–Trinajstić information content (AvgIpc) is 2.21. The Morgan fingerprint density at radius 3 is 2.29 bits per heavy atom. The number of ether oxygens (including phenoxy) is 1. The molecule has 3 heteroatoms. The van der Waals surface area contributed by atoms with Crippen molar-refractivity contribution in [2.24, 2.45) is 0 Å². The SMILES string of the molecule is CC.COc1ccc(Cl)c(C(C)C)n1. The molecule has 0 fully saturated rings. The van der Waals surface area contributed by atoms with Gasteiger partial charge in [0.15, 0.2) is 0 Å². The normalized spacial score (nSPS) is 9.36. The Kier molecular flexibility index (Phi) is 6.30. The highest BCUT2D eigenvalue weighted by atomic mass is 35.5. The van der Waals surface area contributed by atoms with Crippen LogP contribution in [0.15, 0.2) is 12.1 Å². The predicted octanol–water partition coefficient (Wildman–Crippen LogP) is 3.89. The number of halogens is 1. The lowest BCUT2D eigenvalue weighted by Gasteiger charge is -2.07. The number of pyridine rings is 1. The number of aromatic nitrogens is 1. The summed E-state index contributed by atoms with van der Waals surface area (Å²) in [7, 11) is 1.60. The molecule has 1 rings (SSSR count). The number of hydrogen-bond acceptors (Lipinski definition) is 2. The van der Waals surface area contributed by atoms with Gasteiger partial charge in [0.25, 0.3) is 0 Å². The summed E-state index contributed by atoms with van der Waals surface area (Å²) in [5.41, 5.74) is 0.885. The Labute approximate surface area is 91.3 Å². The van der Waals surface area contributed by atoms with E-state index in [1.54, 1.807) is 13.2 Å². The van der Waals surface area contributed by atoms with Crippen LogP contribution in [0.25, 0.3) is 0 Å². The number of rotatable bonds is 2. The molecule has 0 saturated carbocycles. The zero-order valence-corrected chi connectivity index (χ0v) is 10.2. The van der Waals surface area contributed by atoms with Crippen molar-refractivity contribution in [2.75, 3.05) is 7.11 Å². The van der Waals surface area contributed by atoms with E-state index in [1.807, 2.05) is 33.8 Å². The fraction of sp³-hybridized carbons (Fsp3) is 0.545. The van der Waals surface area contributed by atoms with Crippen molar-refractivity contribution in [3.05, 3.63) is 22.8 Å². The standard InChI is InChI=1S/C9H12ClNO.C2H6/c1-6(2)9-7(10)4-5-8(11-9)12-3;1-2/h4-6H,1-3H3;1-2H3. The molecule has 0 bridgehead atoms. The maximum Gasteiger partial charge on any atom is 0.213 e. The molecule has 0 saturated heterocycles. The monoisotopic (exact) mass is 215 g/mol. The quantitative estimate of drug-likeness (QED) is 0.747. The first kappa shape index (κ1) is 13.2. The van der Waals surface area contributed by atoms with Crippen molar-refractivity contribution in [3.8, 4) is 5.88 Å². The molecule has 1 aromatic rings. The second kappa shape index (κ2) is 6.66. The molecule has 0 radical (unpaired) electrons. The zero-order chi connectivity index (χ0) is 11.1. The molecule has 0 aliphatic rings. The van der Waals surface area contributed by atoms with E-state index in [-0.39, 0.29) is 0 Å². The minimum Gasteiger partial charge on any atom is -0.481 e. The Hall–Kier alpha value is -0.760. The molecule has 0 aliphatic carbocycles. The maximum atomic E-state index is 5.93. The van der Waals surface area contributed by atoms with Crippen molar-refractivity contribution >= 4 is 11.6 Å². The molecule has 0 amide bonds. The molecule has 0 aromatic carbocycles. The number of hydrogen-bond donors (Lipinski definition) is 0. The smallest absolute Gasteiger partial charge is 0.213 e. The molecule has 2 nitrogen and oxygen atoms in total. The Morgan fingerprint density at radius 2 is 1.86 bits per heavy atom. The lowest BCUT2D eigenvalue weighted by atomic mass is 10.1. The Morgan fingerprint density at radius 1 is 1.29 bits per heavy atom. The lowest BCUT2D eigenvalue weighted by molar-refractivity contribution is 0.395. The summed E-state index contributed by atoms with van der Waals surface area (Å²) in [4.78, 5) is 4.24. The van der Waals surface area contributed by atoms with Gasteiger partial charge in [-0.15, -0.1) is 0 Å². The van der Waals surface area contributed by atoms with Gasteiger partial charge < -0.3 is 4.74 Å². The molecule has 1 aromatic heterocycles. The van der Waals surface area contributed by atoms with Crippen molar-refractivity contribution in [3.63, 3.8) is 0 Å². The summed E-state index contributed by atoms with van der Waals surface area (Å²) in [6.45, 7) is 8.10. The topological polar surface area (TPSA) is 22.1 Å². The highest BCUT2D eigenvalue weighted by Gasteiger charge is 2.07. The van der Waals surface area contributed by atoms with Crippen LogP contribution in [0.1, 0.15) is 39.3 Å². The molecule has 0 unspecified atom stereocenters. The Bertz CT molecular complexity index is 274. The summed E-state index contributed by atoms with van der Waals surface area (Å²) in [6, 6.07) is 3.57. The van der Waals surface area contributed by atoms with E-state index in [0.717, 1.165) is 5.69 Å². The second-order valence-corrected chi connectivity index (χ2v) is 3.28. The fourth-order valence-corrected chi connectivity index (χ4v) is 1.28. The summed E-state index contributed by atoms with van der Waals surface area (Å²) in [5, 5.41) is 0.700. The highest BCUT2D eigenvalue weighted by molar-refractivity contribution is 6.31. The van der Waals surface area contributed by atoms with Crippen molar-refractivity contribution in [1.82, 2.24) is 4.98 Å². The summed E-state index contributed by atoms with van der Waals surface area (Å²) in [6.07, 6.45) is 0.